The van der Waals surface area contributed by atoms with E-state index < -0.39 is 6.23 Å². The second-order valence-electron chi connectivity index (χ2n) is 4.37. The average molecular weight is 233 g/mol. The minimum atomic E-state index is -0.584. The molecule has 1 aliphatic rings. The van der Waals surface area contributed by atoms with Crippen molar-refractivity contribution >= 4 is 11.6 Å². The fraction of sp³-hybridized carbons (Fsp3) is 0.462. The monoisotopic (exact) mass is 233 g/mol. The molecule has 0 saturated carbocycles. The molecule has 0 amide bonds. The van der Waals surface area contributed by atoms with Crippen LogP contribution in [0.1, 0.15) is 18.9 Å². The van der Waals surface area contributed by atoms with Crippen LogP contribution in [0.5, 0.6) is 0 Å². The number of aryl methyl sites for hydroxylation is 1. The van der Waals surface area contributed by atoms with Gasteiger partial charge in [-0.05, 0) is 32.4 Å². The van der Waals surface area contributed by atoms with Crippen LogP contribution in [0.4, 0.5) is 5.69 Å². The van der Waals surface area contributed by atoms with E-state index in [2.05, 4.69) is 46.4 Å². The predicted molar refractivity (Wildman–Crippen MR) is 70.3 cm³/mol. The van der Waals surface area contributed by atoms with Gasteiger partial charge in [0, 0.05) is 18.8 Å². The molecule has 0 fully saturated rings. The summed E-state index contributed by atoms with van der Waals surface area (Å²) in [6.45, 7) is 5.52. The minimum absolute atomic E-state index is 0.584. The van der Waals surface area contributed by atoms with Crippen LogP contribution in [0.15, 0.2) is 29.3 Å². The zero-order valence-electron chi connectivity index (χ0n) is 10.3. The van der Waals surface area contributed by atoms with Crippen molar-refractivity contribution in [1.29, 1.82) is 0 Å². The highest BCUT2D eigenvalue weighted by Crippen LogP contribution is 2.17. The maximum atomic E-state index is 9.39. The molecule has 4 nitrogen and oxygen atoms in total. The van der Waals surface area contributed by atoms with Crippen LogP contribution < -0.4 is 10.2 Å². The van der Waals surface area contributed by atoms with E-state index in [0.29, 0.717) is 0 Å². The molecule has 0 aromatic heterocycles. The number of nitrogens with zero attached hydrogens (tertiary/aromatic N) is 2. The predicted octanol–water partition coefficient (Wildman–Crippen LogP) is 1.49. The molecule has 0 saturated heterocycles. The highest BCUT2D eigenvalue weighted by Gasteiger charge is 2.17. The van der Waals surface area contributed by atoms with Crippen LogP contribution in [0.25, 0.3) is 0 Å². The number of rotatable bonds is 2. The first kappa shape index (κ1) is 11.9. The van der Waals surface area contributed by atoms with Gasteiger partial charge in [-0.3, -0.25) is 4.99 Å². The fourth-order valence-corrected chi connectivity index (χ4v) is 1.89. The van der Waals surface area contributed by atoms with Crippen molar-refractivity contribution in [2.45, 2.75) is 26.5 Å². The number of anilines is 1. The van der Waals surface area contributed by atoms with E-state index in [1.165, 1.54) is 5.56 Å². The third-order valence-electron chi connectivity index (χ3n) is 2.74. The van der Waals surface area contributed by atoms with Gasteiger partial charge in [0.05, 0.1) is 0 Å². The molecular formula is C13H19N3O. The van der Waals surface area contributed by atoms with Gasteiger partial charge in [0.25, 0.3) is 0 Å². The molecule has 0 aliphatic carbocycles. The summed E-state index contributed by atoms with van der Waals surface area (Å²) in [6, 6.07) is 8.34. The number of aliphatic hydroxyl groups is 1. The van der Waals surface area contributed by atoms with Crippen LogP contribution in [0.3, 0.4) is 0 Å². The first-order valence-corrected chi connectivity index (χ1v) is 6.00. The summed E-state index contributed by atoms with van der Waals surface area (Å²) in [7, 11) is 0. The number of hydrogen-bond donors (Lipinski definition) is 2. The number of benzene rings is 1. The Labute approximate surface area is 102 Å². The Kier molecular flexibility index (Phi) is 3.64. The highest BCUT2D eigenvalue weighted by molar-refractivity contribution is 5.96. The lowest BCUT2D eigenvalue weighted by molar-refractivity contribution is 0.179. The van der Waals surface area contributed by atoms with E-state index in [1.54, 1.807) is 6.92 Å². The van der Waals surface area contributed by atoms with E-state index in [1.807, 2.05) is 0 Å². The summed E-state index contributed by atoms with van der Waals surface area (Å²) < 4.78 is 0. The van der Waals surface area contributed by atoms with Gasteiger partial charge in [-0.15, -0.1) is 0 Å². The minimum Gasteiger partial charge on any atom is -0.374 e. The van der Waals surface area contributed by atoms with E-state index in [4.69, 9.17) is 0 Å². The van der Waals surface area contributed by atoms with Crippen LogP contribution in [-0.2, 0) is 0 Å². The normalized spacial score (nSPS) is 17.6. The largest absolute Gasteiger partial charge is 0.374 e. The molecule has 2 N–H and O–H groups in total. The molecule has 1 unspecified atom stereocenters. The highest BCUT2D eigenvalue weighted by atomic mass is 16.3. The lowest BCUT2D eigenvalue weighted by atomic mass is 10.2. The molecule has 0 radical (unpaired) electrons. The summed E-state index contributed by atoms with van der Waals surface area (Å²) in [5, 5.41) is 12.4. The van der Waals surface area contributed by atoms with Crippen molar-refractivity contribution in [3.63, 3.8) is 0 Å². The summed E-state index contributed by atoms with van der Waals surface area (Å²) in [4.78, 5) is 6.53. The molecule has 2 rings (SSSR count). The standard InChI is InChI=1S/C13H19N3O/c1-10-4-6-12(7-5-10)16-9-3-8-14-13(16)15-11(2)17/h4-7,11,17H,3,8-9H2,1-2H3,(H,14,15). The molecule has 17 heavy (non-hydrogen) atoms. The lowest BCUT2D eigenvalue weighted by Gasteiger charge is -2.30. The van der Waals surface area contributed by atoms with Crippen molar-refractivity contribution in [2.75, 3.05) is 18.0 Å². The van der Waals surface area contributed by atoms with Crippen LogP contribution in [0.2, 0.25) is 0 Å². The maximum Gasteiger partial charge on any atom is 0.200 e. The number of hydrogen-bond acceptors (Lipinski definition) is 4. The van der Waals surface area contributed by atoms with Crippen LogP contribution in [-0.4, -0.2) is 30.4 Å². The van der Waals surface area contributed by atoms with E-state index in [9.17, 15) is 5.11 Å². The maximum absolute atomic E-state index is 9.39. The van der Waals surface area contributed by atoms with Crippen LogP contribution >= 0.6 is 0 Å². The Morgan fingerprint density at radius 3 is 2.71 bits per heavy atom. The van der Waals surface area contributed by atoms with Gasteiger partial charge < -0.3 is 15.3 Å². The molecule has 1 aromatic rings. The quantitative estimate of drug-likeness (QED) is 0.761. The second-order valence-corrected chi connectivity index (χ2v) is 4.37. The molecule has 0 spiro atoms. The Balaban J connectivity index is 2.20. The van der Waals surface area contributed by atoms with Gasteiger partial charge in [0.1, 0.15) is 6.23 Å². The van der Waals surface area contributed by atoms with E-state index in [-0.39, 0.29) is 0 Å². The first-order valence-electron chi connectivity index (χ1n) is 6.00. The Bertz CT molecular complexity index is 398. The number of aliphatic hydroxyl groups excluding tert-OH is 1. The van der Waals surface area contributed by atoms with Crippen molar-refractivity contribution in [1.82, 2.24) is 5.32 Å². The Morgan fingerprint density at radius 1 is 1.35 bits per heavy atom. The van der Waals surface area contributed by atoms with Crippen molar-refractivity contribution in [3.05, 3.63) is 29.8 Å². The molecule has 1 heterocycles. The molecule has 1 atom stereocenters. The van der Waals surface area contributed by atoms with Gasteiger partial charge in [-0.25, -0.2) is 0 Å². The molecule has 4 heteroatoms. The molecule has 0 bridgehead atoms. The summed E-state index contributed by atoms with van der Waals surface area (Å²) in [5.74, 6) is 0.759. The SMILES string of the molecule is Cc1ccc(N2CCCN=C2NC(C)O)cc1. The van der Waals surface area contributed by atoms with Gasteiger partial charge in [0.15, 0.2) is 0 Å². The van der Waals surface area contributed by atoms with Gasteiger partial charge in [0.2, 0.25) is 5.96 Å². The third kappa shape index (κ3) is 2.97. The van der Waals surface area contributed by atoms with Gasteiger partial charge in [-0.2, -0.15) is 0 Å². The van der Waals surface area contributed by atoms with Crippen molar-refractivity contribution in [2.24, 2.45) is 4.99 Å². The molecular weight excluding hydrogens is 214 g/mol. The first-order chi connectivity index (χ1) is 8.16. The summed E-state index contributed by atoms with van der Waals surface area (Å²) in [6.07, 6.45) is 0.457. The topological polar surface area (TPSA) is 47.9 Å². The third-order valence-corrected chi connectivity index (χ3v) is 2.74. The molecule has 1 aromatic carbocycles. The zero-order valence-corrected chi connectivity index (χ0v) is 10.3. The summed E-state index contributed by atoms with van der Waals surface area (Å²) in [5.41, 5.74) is 2.36. The fourth-order valence-electron chi connectivity index (χ4n) is 1.89. The van der Waals surface area contributed by atoms with E-state index >= 15 is 0 Å². The second kappa shape index (κ2) is 5.19. The number of nitrogens with one attached hydrogen (secondary N) is 1. The summed E-state index contributed by atoms with van der Waals surface area (Å²) >= 11 is 0. The zero-order chi connectivity index (χ0) is 12.3. The molecule has 92 valence electrons. The van der Waals surface area contributed by atoms with Crippen molar-refractivity contribution < 1.29 is 5.11 Å². The van der Waals surface area contributed by atoms with Gasteiger partial charge in [-0.1, -0.05) is 17.7 Å². The Hall–Kier alpha value is -1.55. The lowest BCUT2D eigenvalue weighted by Crippen LogP contribution is -2.48. The Morgan fingerprint density at radius 2 is 2.06 bits per heavy atom. The van der Waals surface area contributed by atoms with Gasteiger partial charge >= 0.3 is 0 Å². The smallest absolute Gasteiger partial charge is 0.200 e. The van der Waals surface area contributed by atoms with E-state index in [0.717, 1.165) is 31.2 Å². The number of aliphatic imine (C=N–C) groups is 1. The molecule has 1 aliphatic heterocycles. The van der Waals surface area contributed by atoms with Crippen LogP contribution in [0, 0.1) is 6.92 Å². The average Bonchev–Trinajstić information content (AvgIpc) is 2.30. The number of guanidine groups is 1. The van der Waals surface area contributed by atoms with Crippen molar-refractivity contribution in [3.8, 4) is 0 Å².